The molecule has 2 N–H and O–H groups in total. The van der Waals surface area contributed by atoms with Crippen LogP contribution in [0.25, 0.3) is 10.9 Å². The van der Waals surface area contributed by atoms with Crippen molar-refractivity contribution in [3.8, 4) is 0 Å². The normalized spacial score (nSPS) is 13.0. The lowest BCUT2D eigenvalue weighted by atomic mass is 10.1. The Hall–Kier alpha value is -3.22. The lowest BCUT2D eigenvalue weighted by Crippen LogP contribution is -2.33. The van der Waals surface area contributed by atoms with E-state index >= 15 is 0 Å². The van der Waals surface area contributed by atoms with Crippen molar-refractivity contribution >= 4 is 16.8 Å². The van der Waals surface area contributed by atoms with Gasteiger partial charge in [-0.05, 0) is 43.0 Å². The largest absolute Gasteiger partial charge is 0.334 e. The number of aromatic nitrogens is 3. The van der Waals surface area contributed by atoms with Gasteiger partial charge >= 0.3 is 0 Å². The number of H-pyrrole nitrogens is 2. The van der Waals surface area contributed by atoms with Gasteiger partial charge in [-0.1, -0.05) is 12.1 Å². The Balaban J connectivity index is 1.62. The second-order valence-electron chi connectivity index (χ2n) is 6.56. The highest BCUT2D eigenvalue weighted by atomic mass is 16.2. The number of aryl methyl sites for hydroxylation is 2. The number of amides is 1. The van der Waals surface area contributed by atoms with Crippen LogP contribution >= 0.6 is 0 Å². The SMILES string of the molecule is CN(Cc1nc2ccccc2c(=O)[nH]1)C(=O)c1cc2c([nH]c1=O)CCC2. The van der Waals surface area contributed by atoms with Crippen LogP contribution in [0.5, 0.6) is 0 Å². The predicted octanol–water partition coefficient (Wildman–Crippen LogP) is 1.37. The fourth-order valence-corrected chi connectivity index (χ4v) is 3.38. The Morgan fingerprint density at radius 1 is 1.15 bits per heavy atom. The van der Waals surface area contributed by atoms with Crippen LogP contribution in [-0.2, 0) is 19.4 Å². The van der Waals surface area contributed by atoms with E-state index in [0.29, 0.717) is 16.7 Å². The fraction of sp³-hybridized carbons (Fsp3) is 0.263. The summed E-state index contributed by atoms with van der Waals surface area (Å²) in [4.78, 5) is 48.4. The molecule has 2 heterocycles. The molecule has 0 aliphatic heterocycles. The number of fused-ring (bicyclic) bond motifs is 2. The van der Waals surface area contributed by atoms with Gasteiger partial charge in [0, 0.05) is 12.7 Å². The van der Waals surface area contributed by atoms with Gasteiger partial charge in [0.2, 0.25) is 0 Å². The first-order valence-corrected chi connectivity index (χ1v) is 8.51. The molecule has 0 saturated heterocycles. The average Bonchev–Trinajstić information content (AvgIpc) is 3.07. The van der Waals surface area contributed by atoms with E-state index in [9.17, 15) is 14.4 Å². The van der Waals surface area contributed by atoms with Crippen molar-refractivity contribution in [3.63, 3.8) is 0 Å². The summed E-state index contributed by atoms with van der Waals surface area (Å²) >= 11 is 0. The molecule has 1 aromatic carbocycles. The predicted molar refractivity (Wildman–Crippen MR) is 97.2 cm³/mol. The quantitative estimate of drug-likeness (QED) is 0.745. The van der Waals surface area contributed by atoms with E-state index in [-0.39, 0.29) is 23.2 Å². The van der Waals surface area contributed by atoms with Crippen LogP contribution in [0, 0.1) is 0 Å². The van der Waals surface area contributed by atoms with Crippen molar-refractivity contribution in [2.75, 3.05) is 7.05 Å². The molecule has 2 aromatic heterocycles. The number of rotatable bonds is 3. The molecule has 0 radical (unpaired) electrons. The minimum absolute atomic E-state index is 0.107. The summed E-state index contributed by atoms with van der Waals surface area (Å²) in [6, 6.07) is 8.72. The number of carbonyl (C=O) groups is 1. The molecule has 26 heavy (non-hydrogen) atoms. The van der Waals surface area contributed by atoms with Crippen LogP contribution in [-0.4, -0.2) is 32.8 Å². The zero-order valence-electron chi connectivity index (χ0n) is 14.3. The molecule has 1 amide bonds. The summed E-state index contributed by atoms with van der Waals surface area (Å²) in [5.41, 5.74) is 2.02. The number of hydrogen-bond donors (Lipinski definition) is 2. The Morgan fingerprint density at radius 3 is 2.81 bits per heavy atom. The standard InChI is InChI=1S/C19H18N4O3/c1-23(10-16-20-15-7-3-2-6-12(15)17(24)22-16)19(26)13-9-11-5-4-8-14(11)21-18(13)25/h2-3,6-7,9H,4-5,8,10H2,1H3,(H,21,25)(H,20,22,24). The molecule has 0 spiro atoms. The maximum atomic E-state index is 12.7. The highest BCUT2D eigenvalue weighted by Gasteiger charge is 2.21. The third-order valence-electron chi connectivity index (χ3n) is 4.71. The van der Waals surface area contributed by atoms with E-state index in [0.717, 1.165) is 30.5 Å². The summed E-state index contributed by atoms with van der Waals surface area (Å²) in [7, 11) is 1.59. The molecule has 0 fully saturated rings. The van der Waals surface area contributed by atoms with E-state index in [1.54, 1.807) is 37.4 Å². The number of benzene rings is 1. The summed E-state index contributed by atoms with van der Waals surface area (Å²) < 4.78 is 0. The maximum Gasteiger partial charge on any atom is 0.261 e. The van der Waals surface area contributed by atoms with Crippen molar-refractivity contribution in [2.45, 2.75) is 25.8 Å². The first-order chi connectivity index (χ1) is 12.5. The molecule has 3 aromatic rings. The third-order valence-corrected chi connectivity index (χ3v) is 4.71. The minimum atomic E-state index is -0.392. The van der Waals surface area contributed by atoms with Gasteiger partial charge < -0.3 is 14.9 Å². The van der Waals surface area contributed by atoms with E-state index in [1.807, 2.05) is 0 Å². The molecular weight excluding hydrogens is 332 g/mol. The highest BCUT2D eigenvalue weighted by Crippen LogP contribution is 2.19. The Bertz CT molecular complexity index is 1130. The topological polar surface area (TPSA) is 98.9 Å². The zero-order valence-corrected chi connectivity index (χ0v) is 14.3. The van der Waals surface area contributed by atoms with Gasteiger partial charge in [-0.3, -0.25) is 14.4 Å². The molecule has 1 aliphatic carbocycles. The van der Waals surface area contributed by atoms with Gasteiger partial charge in [-0.2, -0.15) is 0 Å². The molecular formula is C19H18N4O3. The average molecular weight is 350 g/mol. The second kappa shape index (κ2) is 6.25. The van der Waals surface area contributed by atoms with Gasteiger partial charge in [-0.25, -0.2) is 4.98 Å². The van der Waals surface area contributed by atoms with Crippen molar-refractivity contribution in [3.05, 3.63) is 73.7 Å². The molecule has 0 bridgehead atoms. The summed E-state index contributed by atoms with van der Waals surface area (Å²) in [6.07, 6.45) is 2.70. The van der Waals surface area contributed by atoms with Gasteiger partial charge in [0.15, 0.2) is 0 Å². The first kappa shape index (κ1) is 16.3. The van der Waals surface area contributed by atoms with Crippen LogP contribution in [0.1, 0.15) is 33.9 Å². The number of aromatic amines is 2. The Morgan fingerprint density at radius 2 is 1.96 bits per heavy atom. The summed E-state index contributed by atoms with van der Waals surface area (Å²) in [6.45, 7) is 0.107. The second-order valence-corrected chi connectivity index (χ2v) is 6.56. The molecule has 7 heteroatoms. The van der Waals surface area contributed by atoms with Gasteiger partial charge in [-0.15, -0.1) is 0 Å². The van der Waals surface area contributed by atoms with Crippen LogP contribution in [0.3, 0.4) is 0 Å². The maximum absolute atomic E-state index is 12.7. The molecule has 4 rings (SSSR count). The highest BCUT2D eigenvalue weighted by molar-refractivity contribution is 5.93. The number of pyridine rings is 1. The smallest absolute Gasteiger partial charge is 0.261 e. The van der Waals surface area contributed by atoms with Gasteiger partial charge in [0.1, 0.15) is 11.4 Å². The van der Waals surface area contributed by atoms with E-state index in [2.05, 4.69) is 15.0 Å². The number of carbonyl (C=O) groups excluding carboxylic acids is 1. The third kappa shape index (κ3) is 2.81. The minimum Gasteiger partial charge on any atom is -0.334 e. The van der Waals surface area contributed by atoms with Crippen molar-refractivity contribution in [2.24, 2.45) is 0 Å². The number of para-hydroxylation sites is 1. The van der Waals surface area contributed by atoms with Crippen molar-refractivity contribution in [1.82, 2.24) is 19.9 Å². The Labute approximate surface area is 148 Å². The Kier molecular flexibility index (Phi) is 3.91. The summed E-state index contributed by atoms with van der Waals surface area (Å²) in [5.74, 6) is -0.0149. The molecule has 0 unspecified atom stereocenters. The van der Waals surface area contributed by atoms with Crippen LogP contribution in [0.4, 0.5) is 0 Å². The van der Waals surface area contributed by atoms with Gasteiger partial charge in [0.05, 0.1) is 17.4 Å². The van der Waals surface area contributed by atoms with Crippen molar-refractivity contribution in [1.29, 1.82) is 0 Å². The molecule has 0 atom stereocenters. The number of nitrogens with one attached hydrogen (secondary N) is 2. The molecule has 132 valence electrons. The monoisotopic (exact) mass is 350 g/mol. The van der Waals surface area contributed by atoms with E-state index in [4.69, 9.17) is 0 Å². The number of nitrogens with zero attached hydrogens (tertiary/aromatic N) is 2. The molecule has 0 saturated carbocycles. The lowest BCUT2D eigenvalue weighted by Gasteiger charge is -2.17. The molecule has 7 nitrogen and oxygen atoms in total. The summed E-state index contributed by atoms with van der Waals surface area (Å²) in [5, 5.41) is 0.500. The molecule has 1 aliphatic rings. The zero-order chi connectivity index (χ0) is 18.3. The lowest BCUT2D eigenvalue weighted by molar-refractivity contribution is 0.0779. The fourth-order valence-electron chi connectivity index (χ4n) is 3.38. The first-order valence-electron chi connectivity index (χ1n) is 8.51. The van der Waals surface area contributed by atoms with Crippen LogP contribution < -0.4 is 11.1 Å². The van der Waals surface area contributed by atoms with E-state index < -0.39 is 5.91 Å². The van der Waals surface area contributed by atoms with Gasteiger partial charge in [0.25, 0.3) is 17.0 Å². The van der Waals surface area contributed by atoms with E-state index in [1.165, 1.54) is 4.90 Å². The number of hydrogen-bond acceptors (Lipinski definition) is 4. The van der Waals surface area contributed by atoms with Crippen molar-refractivity contribution < 1.29 is 4.79 Å². The van der Waals surface area contributed by atoms with Crippen LogP contribution in [0.15, 0.2) is 39.9 Å². The van der Waals surface area contributed by atoms with Crippen LogP contribution in [0.2, 0.25) is 0 Å².